The summed E-state index contributed by atoms with van der Waals surface area (Å²) < 4.78 is 2.40. The number of H-pyrrole nitrogens is 1. The van der Waals surface area contributed by atoms with Crippen molar-refractivity contribution in [3.8, 4) is 5.69 Å². The number of aromatic amines is 1. The highest BCUT2D eigenvalue weighted by molar-refractivity contribution is 6.18. The molecule has 3 aromatic carbocycles. The van der Waals surface area contributed by atoms with E-state index in [1.807, 2.05) is 0 Å². The van der Waals surface area contributed by atoms with Crippen LogP contribution >= 0.6 is 0 Å². The molecule has 0 aliphatic heterocycles. The Hall–Kier alpha value is -3.52. The van der Waals surface area contributed by atoms with E-state index in [1.165, 1.54) is 49.7 Å². The molecule has 2 aromatic heterocycles. The van der Waals surface area contributed by atoms with Gasteiger partial charge in [-0.3, -0.25) is 0 Å². The molecule has 128 valence electrons. The monoisotopic (exact) mass is 346 g/mol. The van der Waals surface area contributed by atoms with Crippen LogP contribution in [-0.2, 0) is 0 Å². The second-order valence-electron chi connectivity index (χ2n) is 7.07. The molecule has 0 spiro atoms. The summed E-state index contributed by atoms with van der Waals surface area (Å²) in [6, 6.07) is 23.7. The van der Waals surface area contributed by atoms with Crippen LogP contribution in [0.4, 0.5) is 0 Å². The summed E-state index contributed by atoms with van der Waals surface area (Å²) in [5.74, 6) is 0. The van der Waals surface area contributed by atoms with E-state index in [0.29, 0.717) is 0 Å². The Morgan fingerprint density at radius 3 is 2.41 bits per heavy atom. The highest BCUT2D eigenvalue weighted by Gasteiger charge is 2.19. The molecule has 0 saturated carbocycles. The molecular formula is C25H18N2. The van der Waals surface area contributed by atoms with Gasteiger partial charge in [0.2, 0.25) is 0 Å². The Morgan fingerprint density at radius 2 is 1.48 bits per heavy atom. The lowest BCUT2D eigenvalue weighted by atomic mass is 10.1. The Kier molecular flexibility index (Phi) is 2.97. The van der Waals surface area contributed by atoms with Crippen LogP contribution in [-0.4, -0.2) is 9.55 Å². The molecule has 0 saturated heterocycles. The van der Waals surface area contributed by atoms with Crippen LogP contribution in [0.15, 0.2) is 78.9 Å². The smallest absolute Gasteiger partial charge is 0.0783 e. The zero-order valence-corrected chi connectivity index (χ0v) is 14.8. The van der Waals surface area contributed by atoms with Crippen molar-refractivity contribution in [2.75, 3.05) is 0 Å². The first-order valence-corrected chi connectivity index (χ1v) is 9.38. The van der Waals surface area contributed by atoms with Gasteiger partial charge in [0.25, 0.3) is 0 Å². The lowest BCUT2D eigenvalue weighted by molar-refractivity contribution is 1.11. The number of aromatic nitrogens is 2. The molecule has 0 atom stereocenters. The topological polar surface area (TPSA) is 20.7 Å². The maximum absolute atomic E-state index is 3.69. The molecule has 2 heteroatoms. The van der Waals surface area contributed by atoms with Gasteiger partial charge in [-0.25, -0.2) is 0 Å². The molecule has 1 aliphatic rings. The Balaban J connectivity index is 1.87. The van der Waals surface area contributed by atoms with Gasteiger partial charge in [0.05, 0.1) is 16.7 Å². The first-order chi connectivity index (χ1) is 13.4. The van der Waals surface area contributed by atoms with Gasteiger partial charge in [0.1, 0.15) is 0 Å². The molecule has 0 radical (unpaired) electrons. The van der Waals surface area contributed by atoms with E-state index in [9.17, 15) is 0 Å². The van der Waals surface area contributed by atoms with Crippen LogP contribution in [0.3, 0.4) is 0 Å². The largest absolute Gasteiger partial charge is 0.353 e. The SMILES string of the molecule is C1=Cc2c(n(-c3ccccc3)c3c2ccc2c4ccccc4[nH]c23)C=CC1. The van der Waals surface area contributed by atoms with Gasteiger partial charge in [0.15, 0.2) is 0 Å². The third-order valence-electron chi connectivity index (χ3n) is 5.53. The van der Waals surface area contributed by atoms with Crippen molar-refractivity contribution in [3.05, 3.63) is 90.1 Å². The zero-order chi connectivity index (χ0) is 17.8. The van der Waals surface area contributed by atoms with Crippen LogP contribution in [0.25, 0.3) is 50.5 Å². The minimum Gasteiger partial charge on any atom is -0.353 e. The highest BCUT2D eigenvalue weighted by atomic mass is 15.0. The van der Waals surface area contributed by atoms with Crippen molar-refractivity contribution in [1.29, 1.82) is 0 Å². The first kappa shape index (κ1) is 14.6. The van der Waals surface area contributed by atoms with E-state index in [0.717, 1.165) is 6.42 Å². The lowest BCUT2D eigenvalue weighted by Crippen LogP contribution is -1.97. The van der Waals surface area contributed by atoms with E-state index in [2.05, 4.69) is 101 Å². The molecule has 0 amide bonds. The van der Waals surface area contributed by atoms with Gasteiger partial charge >= 0.3 is 0 Å². The summed E-state index contributed by atoms with van der Waals surface area (Å²) in [7, 11) is 0. The van der Waals surface area contributed by atoms with Crippen molar-refractivity contribution >= 4 is 44.9 Å². The van der Waals surface area contributed by atoms with Gasteiger partial charge in [-0.2, -0.15) is 0 Å². The van der Waals surface area contributed by atoms with Gasteiger partial charge in [0, 0.05) is 32.9 Å². The quantitative estimate of drug-likeness (QED) is 0.349. The number of allylic oxidation sites excluding steroid dienone is 2. The summed E-state index contributed by atoms with van der Waals surface area (Å²) >= 11 is 0. The molecule has 5 aromatic rings. The Labute approximate surface area is 157 Å². The van der Waals surface area contributed by atoms with Gasteiger partial charge in [-0.05, 0) is 30.7 Å². The summed E-state index contributed by atoms with van der Waals surface area (Å²) in [6.07, 6.45) is 9.98. The third-order valence-corrected chi connectivity index (χ3v) is 5.53. The molecule has 0 fully saturated rings. The van der Waals surface area contributed by atoms with Crippen molar-refractivity contribution in [3.63, 3.8) is 0 Å². The van der Waals surface area contributed by atoms with Crippen molar-refractivity contribution < 1.29 is 0 Å². The second kappa shape index (κ2) is 5.49. The average molecular weight is 346 g/mol. The fourth-order valence-corrected chi connectivity index (χ4v) is 4.36. The Bertz CT molecular complexity index is 1380. The minimum absolute atomic E-state index is 0.972. The fourth-order valence-electron chi connectivity index (χ4n) is 4.36. The molecular weight excluding hydrogens is 328 g/mol. The van der Waals surface area contributed by atoms with Gasteiger partial charge in [-0.15, -0.1) is 0 Å². The number of fused-ring (bicyclic) bond motifs is 7. The molecule has 1 N–H and O–H groups in total. The molecule has 0 bridgehead atoms. The lowest BCUT2D eigenvalue weighted by Gasteiger charge is -2.09. The molecule has 0 unspecified atom stereocenters. The molecule has 2 heterocycles. The highest BCUT2D eigenvalue weighted by Crippen LogP contribution is 2.38. The van der Waals surface area contributed by atoms with Crippen LogP contribution in [0.2, 0.25) is 0 Å². The van der Waals surface area contributed by atoms with Gasteiger partial charge in [-0.1, -0.05) is 66.8 Å². The minimum atomic E-state index is 0.972. The number of nitrogens with zero attached hydrogens (tertiary/aromatic N) is 1. The number of para-hydroxylation sites is 2. The summed E-state index contributed by atoms with van der Waals surface area (Å²) in [5.41, 5.74) is 7.36. The average Bonchev–Trinajstić information content (AvgIpc) is 3.14. The normalized spacial score (nSPS) is 13.5. The molecule has 2 nitrogen and oxygen atoms in total. The van der Waals surface area contributed by atoms with E-state index >= 15 is 0 Å². The number of rotatable bonds is 1. The molecule has 1 aliphatic carbocycles. The summed E-state index contributed by atoms with van der Waals surface area (Å²) in [4.78, 5) is 3.69. The number of hydrogen-bond donors (Lipinski definition) is 1. The fraction of sp³-hybridized carbons (Fsp3) is 0.0400. The van der Waals surface area contributed by atoms with E-state index < -0.39 is 0 Å². The van der Waals surface area contributed by atoms with E-state index in [1.54, 1.807) is 0 Å². The van der Waals surface area contributed by atoms with Gasteiger partial charge < -0.3 is 9.55 Å². The van der Waals surface area contributed by atoms with Crippen LogP contribution in [0.5, 0.6) is 0 Å². The van der Waals surface area contributed by atoms with E-state index in [-0.39, 0.29) is 0 Å². The summed E-state index contributed by atoms with van der Waals surface area (Å²) in [6.45, 7) is 0. The zero-order valence-electron chi connectivity index (χ0n) is 14.8. The van der Waals surface area contributed by atoms with Crippen molar-refractivity contribution in [2.45, 2.75) is 6.42 Å². The van der Waals surface area contributed by atoms with Crippen LogP contribution in [0, 0.1) is 0 Å². The Morgan fingerprint density at radius 1 is 0.704 bits per heavy atom. The van der Waals surface area contributed by atoms with Crippen molar-refractivity contribution in [1.82, 2.24) is 9.55 Å². The van der Waals surface area contributed by atoms with Crippen LogP contribution < -0.4 is 0 Å². The number of nitrogens with one attached hydrogen (secondary N) is 1. The maximum atomic E-state index is 3.69. The maximum Gasteiger partial charge on any atom is 0.0783 e. The van der Waals surface area contributed by atoms with Crippen molar-refractivity contribution in [2.24, 2.45) is 0 Å². The number of hydrogen-bond acceptors (Lipinski definition) is 0. The van der Waals surface area contributed by atoms with Crippen LogP contribution in [0.1, 0.15) is 17.7 Å². The number of benzene rings is 3. The second-order valence-corrected chi connectivity index (χ2v) is 7.07. The standard InChI is InChI=1S/C25H18N2/c1-3-9-17(10-4-1)27-23-14-6-2-5-12-19(23)21-16-15-20-18-11-7-8-13-22(18)26-24(20)25(21)27/h1,3-16,26H,2H2. The predicted octanol–water partition coefficient (Wildman–Crippen LogP) is 6.70. The molecule has 27 heavy (non-hydrogen) atoms. The predicted molar refractivity (Wildman–Crippen MR) is 115 cm³/mol. The molecule has 6 rings (SSSR count). The summed E-state index contributed by atoms with van der Waals surface area (Å²) in [5, 5.41) is 3.84. The third kappa shape index (κ3) is 2.01. The van der Waals surface area contributed by atoms with E-state index in [4.69, 9.17) is 0 Å². The first-order valence-electron chi connectivity index (χ1n) is 9.38.